The van der Waals surface area contributed by atoms with Gasteiger partial charge in [-0.15, -0.1) is 24.0 Å². The summed E-state index contributed by atoms with van der Waals surface area (Å²) in [6.07, 6.45) is 1.24. The minimum absolute atomic E-state index is 0. The molecule has 1 aromatic carbocycles. The van der Waals surface area contributed by atoms with Crippen LogP contribution in [0.5, 0.6) is 5.75 Å². The van der Waals surface area contributed by atoms with Gasteiger partial charge in [-0.3, -0.25) is 4.90 Å². The summed E-state index contributed by atoms with van der Waals surface area (Å²) in [7, 11) is 4.40. The number of nitrogens with zero attached hydrogens (tertiary/aromatic N) is 3. The molecule has 0 saturated carbocycles. The van der Waals surface area contributed by atoms with Gasteiger partial charge in [-0.2, -0.15) is 0 Å². The standard InChI is InChI=1S/C24H43N5O.HI/c1-8-25-24(27-16-22-17-28(6)11-12-29(22)7)26-15-21-10-9-19(4)14-23(21)30-20(5)13-18(2)3;/h9-10,14,18,20,22H,8,11-13,15-17H2,1-7H3,(H2,25,26,27);1H. The Kier molecular flexibility index (Phi) is 12.8. The quantitative estimate of drug-likeness (QED) is 0.282. The van der Waals surface area contributed by atoms with Crippen LogP contribution >= 0.6 is 24.0 Å². The third kappa shape index (κ3) is 9.95. The third-order valence-corrected chi connectivity index (χ3v) is 5.59. The summed E-state index contributed by atoms with van der Waals surface area (Å²) in [6.45, 7) is 16.5. The Hall–Kier alpha value is -1.06. The van der Waals surface area contributed by atoms with Crippen LogP contribution in [0.15, 0.2) is 23.2 Å². The molecule has 1 saturated heterocycles. The summed E-state index contributed by atoms with van der Waals surface area (Å²) >= 11 is 0. The van der Waals surface area contributed by atoms with Gasteiger partial charge in [0, 0.05) is 44.3 Å². The van der Waals surface area contributed by atoms with Crippen LogP contribution in [0.2, 0.25) is 0 Å². The zero-order valence-corrected chi connectivity index (χ0v) is 22.9. The molecule has 0 spiro atoms. The van der Waals surface area contributed by atoms with Gasteiger partial charge in [-0.05, 0) is 58.8 Å². The first-order valence-electron chi connectivity index (χ1n) is 11.5. The number of likely N-dealkylation sites (N-methyl/N-ethyl adjacent to an activating group) is 2. The summed E-state index contributed by atoms with van der Waals surface area (Å²) in [4.78, 5) is 9.68. The van der Waals surface area contributed by atoms with Gasteiger partial charge in [0.25, 0.3) is 0 Å². The zero-order chi connectivity index (χ0) is 22.1. The molecule has 2 unspecified atom stereocenters. The van der Waals surface area contributed by atoms with E-state index in [4.69, 9.17) is 9.73 Å². The van der Waals surface area contributed by atoms with Crippen molar-refractivity contribution in [3.05, 3.63) is 29.3 Å². The van der Waals surface area contributed by atoms with E-state index in [9.17, 15) is 0 Å². The van der Waals surface area contributed by atoms with E-state index in [-0.39, 0.29) is 30.1 Å². The SMILES string of the molecule is CCNC(=NCc1ccc(C)cc1OC(C)CC(C)C)NCC1CN(C)CCN1C.I. The molecule has 1 fully saturated rings. The van der Waals surface area contributed by atoms with E-state index in [0.29, 0.717) is 18.5 Å². The fourth-order valence-electron chi connectivity index (χ4n) is 3.87. The molecule has 178 valence electrons. The van der Waals surface area contributed by atoms with Gasteiger partial charge in [0.15, 0.2) is 5.96 Å². The van der Waals surface area contributed by atoms with E-state index in [2.05, 4.69) is 87.3 Å². The Balaban J connectivity index is 0.00000480. The van der Waals surface area contributed by atoms with Gasteiger partial charge in [0.05, 0.1) is 12.6 Å². The molecule has 31 heavy (non-hydrogen) atoms. The number of benzene rings is 1. The number of halogens is 1. The van der Waals surface area contributed by atoms with Crippen LogP contribution < -0.4 is 15.4 Å². The van der Waals surface area contributed by atoms with E-state index in [1.165, 1.54) is 5.56 Å². The molecule has 0 bridgehead atoms. The highest BCUT2D eigenvalue weighted by Crippen LogP contribution is 2.24. The number of ether oxygens (including phenoxy) is 1. The number of aliphatic imine (C=N–C) groups is 1. The molecule has 6 nitrogen and oxygen atoms in total. The number of aryl methyl sites for hydroxylation is 1. The van der Waals surface area contributed by atoms with Gasteiger partial charge < -0.3 is 20.3 Å². The van der Waals surface area contributed by atoms with Crippen molar-refractivity contribution in [2.24, 2.45) is 10.9 Å². The van der Waals surface area contributed by atoms with Crippen LogP contribution in [0.1, 0.15) is 45.2 Å². The summed E-state index contributed by atoms with van der Waals surface area (Å²) in [5, 5.41) is 6.92. The Morgan fingerprint density at radius 1 is 1.19 bits per heavy atom. The molecule has 0 aliphatic carbocycles. The van der Waals surface area contributed by atoms with Crippen molar-refractivity contribution in [3.63, 3.8) is 0 Å². The lowest BCUT2D eigenvalue weighted by atomic mass is 10.1. The van der Waals surface area contributed by atoms with Gasteiger partial charge >= 0.3 is 0 Å². The molecule has 1 aliphatic rings. The molecule has 1 aromatic rings. The Labute approximate surface area is 207 Å². The number of hydrogen-bond donors (Lipinski definition) is 2. The summed E-state index contributed by atoms with van der Waals surface area (Å²) in [6, 6.07) is 6.90. The lowest BCUT2D eigenvalue weighted by Crippen LogP contribution is -2.55. The average Bonchev–Trinajstić information content (AvgIpc) is 2.67. The number of hydrogen-bond acceptors (Lipinski definition) is 4. The van der Waals surface area contributed by atoms with Crippen molar-refractivity contribution in [1.82, 2.24) is 20.4 Å². The van der Waals surface area contributed by atoms with E-state index < -0.39 is 0 Å². The second-order valence-corrected chi connectivity index (χ2v) is 9.14. The lowest BCUT2D eigenvalue weighted by Gasteiger charge is -2.37. The van der Waals surface area contributed by atoms with Crippen LogP contribution in [0.4, 0.5) is 0 Å². The van der Waals surface area contributed by atoms with Crippen molar-refractivity contribution in [3.8, 4) is 5.75 Å². The van der Waals surface area contributed by atoms with E-state index in [1.54, 1.807) is 0 Å². The highest BCUT2D eigenvalue weighted by atomic mass is 127. The summed E-state index contributed by atoms with van der Waals surface area (Å²) in [5.74, 6) is 2.44. The van der Waals surface area contributed by atoms with Crippen molar-refractivity contribution < 1.29 is 4.74 Å². The van der Waals surface area contributed by atoms with Crippen LogP contribution in [0.3, 0.4) is 0 Å². The smallest absolute Gasteiger partial charge is 0.191 e. The molecule has 2 rings (SSSR count). The second kappa shape index (κ2) is 14.2. The van der Waals surface area contributed by atoms with E-state index >= 15 is 0 Å². The second-order valence-electron chi connectivity index (χ2n) is 9.14. The first-order valence-corrected chi connectivity index (χ1v) is 11.5. The van der Waals surface area contributed by atoms with Crippen LogP contribution in [-0.4, -0.2) is 74.7 Å². The number of rotatable bonds is 9. The molecule has 7 heteroatoms. The predicted molar refractivity (Wildman–Crippen MR) is 143 cm³/mol. The van der Waals surface area contributed by atoms with Crippen LogP contribution in [-0.2, 0) is 6.54 Å². The maximum atomic E-state index is 6.29. The first kappa shape index (κ1) is 28.0. The van der Waals surface area contributed by atoms with Crippen LogP contribution in [0, 0.1) is 12.8 Å². The highest BCUT2D eigenvalue weighted by molar-refractivity contribution is 14.0. The fraction of sp³-hybridized carbons (Fsp3) is 0.708. The number of guanidine groups is 1. The minimum atomic E-state index is 0. The predicted octanol–water partition coefficient (Wildman–Crippen LogP) is 3.73. The summed E-state index contributed by atoms with van der Waals surface area (Å²) in [5.41, 5.74) is 2.34. The zero-order valence-electron chi connectivity index (χ0n) is 20.6. The van der Waals surface area contributed by atoms with Gasteiger partial charge in [0.1, 0.15) is 5.75 Å². The highest BCUT2D eigenvalue weighted by Gasteiger charge is 2.22. The number of piperazine rings is 1. The molecular formula is C24H44IN5O. The molecule has 0 aromatic heterocycles. The van der Waals surface area contributed by atoms with Crippen LogP contribution in [0.25, 0.3) is 0 Å². The van der Waals surface area contributed by atoms with E-state index in [0.717, 1.165) is 56.4 Å². The molecule has 0 radical (unpaired) electrons. The lowest BCUT2D eigenvalue weighted by molar-refractivity contribution is 0.116. The first-order chi connectivity index (χ1) is 14.3. The maximum Gasteiger partial charge on any atom is 0.191 e. The van der Waals surface area contributed by atoms with Gasteiger partial charge in [-0.25, -0.2) is 4.99 Å². The number of nitrogens with one attached hydrogen (secondary N) is 2. The minimum Gasteiger partial charge on any atom is -0.490 e. The molecule has 1 aliphatic heterocycles. The maximum absolute atomic E-state index is 6.29. The largest absolute Gasteiger partial charge is 0.490 e. The molecule has 1 heterocycles. The van der Waals surface area contributed by atoms with Crippen molar-refractivity contribution >= 4 is 29.9 Å². The Bertz CT molecular complexity index is 682. The Morgan fingerprint density at radius 3 is 2.61 bits per heavy atom. The van der Waals surface area contributed by atoms with Crippen molar-refractivity contribution in [2.45, 2.75) is 59.7 Å². The monoisotopic (exact) mass is 545 g/mol. The molecule has 2 N–H and O–H groups in total. The topological polar surface area (TPSA) is 52.1 Å². The third-order valence-electron chi connectivity index (χ3n) is 5.59. The molecule has 0 amide bonds. The van der Waals surface area contributed by atoms with Gasteiger partial charge in [0.2, 0.25) is 0 Å². The normalized spacial score (nSPS) is 19.1. The average molecular weight is 546 g/mol. The van der Waals surface area contributed by atoms with Crippen molar-refractivity contribution in [1.29, 1.82) is 0 Å². The van der Waals surface area contributed by atoms with Crippen molar-refractivity contribution in [2.75, 3.05) is 46.8 Å². The molecule has 2 atom stereocenters. The fourth-order valence-corrected chi connectivity index (χ4v) is 3.87. The summed E-state index contributed by atoms with van der Waals surface area (Å²) < 4.78 is 6.29. The molecular weight excluding hydrogens is 501 g/mol. The Morgan fingerprint density at radius 2 is 1.94 bits per heavy atom. The van der Waals surface area contributed by atoms with Gasteiger partial charge in [-0.1, -0.05) is 26.0 Å². The van der Waals surface area contributed by atoms with E-state index in [1.807, 2.05) is 0 Å².